The number of carbonyl (C=O) groups is 1. The van der Waals surface area contributed by atoms with Crippen molar-refractivity contribution in [2.24, 2.45) is 5.73 Å². The quantitative estimate of drug-likeness (QED) is 0.765. The largest absolute Gasteiger partial charge is 0.482 e. The van der Waals surface area contributed by atoms with Gasteiger partial charge < -0.3 is 15.5 Å². The summed E-state index contributed by atoms with van der Waals surface area (Å²) < 4.78 is 5.18. The van der Waals surface area contributed by atoms with Crippen LogP contribution < -0.4 is 16.0 Å². The Hall–Kier alpha value is -2.86. The van der Waals surface area contributed by atoms with Crippen molar-refractivity contribution in [2.75, 3.05) is 6.61 Å². The van der Waals surface area contributed by atoms with Crippen molar-refractivity contribution in [1.29, 1.82) is 0 Å². The zero-order valence-corrected chi connectivity index (χ0v) is 12.6. The lowest BCUT2D eigenvalue weighted by Crippen LogP contribution is -2.20. The summed E-state index contributed by atoms with van der Waals surface area (Å²) >= 11 is 6.12. The summed E-state index contributed by atoms with van der Waals surface area (Å²) in [6, 6.07) is 11.9. The first-order valence-electron chi connectivity index (χ1n) is 6.74. The van der Waals surface area contributed by atoms with E-state index < -0.39 is 5.91 Å². The van der Waals surface area contributed by atoms with Crippen LogP contribution in [-0.4, -0.2) is 22.5 Å². The second kappa shape index (κ2) is 6.10. The van der Waals surface area contributed by atoms with Gasteiger partial charge >= 0.3 is 0 Å². The van der Waals surface area contributed by atoms with Crippen molar-refractivity contribution in [3.8, 4) is 17.1 Å². The van der Waals surface area contributed by atoms with E-state index in [4.69, 9.17) is 22.1 Å². The molecule has 0 aliphatic heterocycles. The Kier molecular flexibility index (Phi) is 3.99. The Balaban J connectivity index is 2.00. The van der Waals surface area contributed by atoms with Gasteiger partial charge in [0.05, 0.1) is 15.9 Å². The Bertz CT molecular complexity index is 953. The molecule has 0 radical (unpaired) electrons. The van der Waals surface area contributed by atoms with E-state index in [0.29, 0.717) is 33.1 Å². The molecule has 3 aromatic rings. The number of aromatic amines is 1. The predicted molar refractivity (Wildman–Crippen MR) is 87.5 cm³/mol. The van der Waals surface area contributed by atoms with Crippen LogP contribution in [0.3, 0.4) is 0 Å². The summed E-state index contributed by atoms with van der Waals surface area (Å²) in [6.45, 7) is -0.260. The van der Waals surface area contributed by atoms with Crippen LogP contribution in [0.2, 0.25) is 5.02 Å². The number of rotatable bonds is 4. The number of benzene rings is 2. The summed E-state index contributed by atoms with van der Waals surface area (Å²) in [7, 11) is 0. The van der Waals surface area contributed by atoms with Gasteiger partial charge in [-0.25, -0.2) is 4.98 Å². The number of para-hydroxylation sites is 1. The van der Waals surface area contributed by atoms with Crippen LogP contribution in [0.5, 0.6) is 5.75 Å². The number of hydrogen-bond acceptors (Lipinski definition) is 4. The Morgan fingerprint density at radius 3 is 2.78 bits per heavy atom. The fraction of sp³-hybridized carbons (Fsp3) is 0.0625. The maximum atomic E-state index is 12.1. The predicted octanol–water partition coefficient (Wildman–Crippen LogP) is 2.11. The molecule has 116 valence electrons. The van der Waals surface area contributed by atoms with Gasteiger partial charge in [-0.05, 0) is 30.3 Å². The Morgan fingerprint density at radius 1 is 1.26 bits per heavy atom. The highest BCUT2D eigenvalue weighted by Crippen LogP contribution is 2.29. The van der Waals surface area contributed by atoms with E-state index in [2.05, 4.69) is 9.97 Å². The molecule has 0 fully saturated rings. The molecule has 1 aromatic heterocycles. The van der Waals surface area contributed by atoms with Crippen LogP contribution in [0.4, 0.5) is 0 Å². The molecule has 0 atom stereocenters. The molecule has 1 heterocycles. The van der Waals surface area contributed by atoms with Crippen LogP contribution in [-0.2, 0) is 4.79 Å². The van der Waals surface area contributed by atoms with Gasteiger partial charge in [-0.2, -0.15) is 0 Å². The molecule has 7 heteroatoms. The minimum Gasteiger partial charge on any atom is -0.482 e. The van der Waals surface area contributed by atoms with Crippen molar-refractivity contribution in [2.45, 2.75) is 0 Å². The minimum absolute atomic E-state index is 0.226. The van der Waals surface area contributed by atoms with Crippen molar-refractivity contribution in [3.63, 3.8) is 0 Å². The lowest BCUT2D eigenvalue weighted by Gasteiger charge is -2.08. The van der Waals surface area contributed by atoms with Gasteiger partial charge in [-0.3, -0.25) is 9.59 Å². The average molecular weight is 330 g/mol. The second-order valence-corrected chi connectivity index (χ2v) is 5.24. The molecule has 0 saturated carbocycles. The molecule has 0 aliphatic rings. The van der Waals surface area contributed by atoms with Crippen LogP contribution in [0, 0.1) is 0 Å². The highest BCUT2D eigenvalue weighted by Gasteiger charge is 2.09. The third-order valence-corrected chi connectivity index (χ3v) is 3.48. The Labute approximate surface area is 135 Å². The maximum absolute atomic E-state index is 12.1. The van der Waals surface area contributed by atoms with Crippen molar-refractivity contribution >= 4 is 28.4 Å². The molecule has 0 unspecified atom stereocenters. The van der Waals surface area contributed by atoms with Crippen molar-refractivity contribution in [1.82, 2.24) is 9.97 Å². The number of nitrogens with zero attached hydrogens (tertiary/aromatic N) is 1. The molecular weight excluding hydrogens is 318 g/mol. The number of carbonyl (C=O) groups excluding carboxylic acids is 1. The molecule has 23 heavy (non-hydrogen) atoms. The molecule has 0 aliphatic carbocycles. The fourth-order valence-electron chi connectivity index (χ4n) is 2.14. The zero-order valence-electron chi connectivity index (χ0n) is 11.9. The first kappa shape index (κ1) is 15.1. The molecule has 0 spiro atoms. The second-order valence-electron chi connectivity index (χ2n) is 4.83. The van der Waals surface area contributed by atoms with Crippen LogP contribution in [0.25, 0.3) is 22.3 Å². The van der Waals surface area contributed by atoms with E-state index in [0.717, 1.165) is 0 Å². The van der Waals surface area contributed by atoms with Crippen LogP contribution >= 0.6 is 11.6 Å². The van der Waals surface area contributed by atoms with Gasteiger partial charge in [0.25, 0.3) is 11.5 Å². The van der Waals surface area contributed by atoms with Gasteiger partial charge in [-0.15, -0.1) is 0 Å². The first-order valence-corrected chi connectivity index (χ1v) is 7.12. The van der Waals surface area contributed by atoms with E-state index >= 15 is 0 Å². The third-order valence-electron chi connectivity index (χ3n) is 3.19. The van der Waals surface area contributed by atoms with Gasteiger partial charge in [0.15, 0.2) is 6.61 Å². The van der Waals surface area contributed by atoms with Gasteiger partial charge in [0, 0.05) is 5.56 Å². The number of halogens is 1. The van der Waals surface area contributed by atoms with E-state index in [1.807, 2.05) is 6.07 Å². The lowest BCUT2D eigenvalue weighted by molar-refractivity contribution is -0.119. The number of H-pyrrole nitrogens is 1. The summed E-state index contributed by atoms with van der Waals surface area (Å²) in [5.74, 6) is 0.139. The SMILES string of the molecule is NC(=O)COc1ccc(-c2nc3ccccc3c(=O)[nH]2)cc1Cl. The van der Waals surface area contributed by atoms with E-state index in [1.165, 1.54) is 0 Å². The molecule has 3 rings (SSSR count). The van der Waals surface area contributed by atoms with E-state index in [9.17, 15) is 9.59 Å². The van der Waals surface area contributed by atoms with E-state index in [-0.39, 0.29) is 12.2 Å². The van der Waals surface area contributed by atoms with Gasteiger partial charge in [-0.1, -0.05) is 23.7 Å². The number of ether oxygens (including phenoxy) is 1. The lowest BCUT2D eigenvalue weighted by atomic mass is 10.2. The molecule has 0 bridgehead atoms. The van der Waals surface area contributed by atoms with E-state index in [1.54, 1.807) is 36.4 Å². The van der Waals surface area contributed by atoms with Gasteiger partial charge in [0.1, 0.15) is 11.6 Å². The number of amides is 1. The number of nitrogens with one attached hydrogen (secondary N) is 1. The maximum Gasteiger partial charge on any atom is 0.259 e. The normalized spacial score (nSPS) is 10.7. The van der Waals surface area contributed by atoms with Crippen LogP contribution in [0.15, 0.2) is 47.3 Å². The Morgan fingerprint density at radius 2 is 2.04 bits per heavy atom. The average Bonchev–Trinajstić information content (AvgIpc) is 2.53. The number of hydrogen-bond donors (Lipinski definition) is 2. The molecule has 0 saturated heterocycles. The zero-order chi connectivity index (χ0) is 16.4. The minimum atomic E-state index is -0.592. The van der Waals surface area contributed by atoms with Gasteiger partial charge in [0.2, 0.25) is 0 Å². The highest BCUT2D eigenvalue weighted by atomic mass is 35.5. The molecule has 3 N–H and O–H groups in total. The third kappa shape index (κ3) is 3.17. The topological polar surface area (TPSA) is 98.1 Å². The fourth-order valence-corrected chi connectivity index (χ4v) is 2.37. The molecule has 6 nitrogen and oxygen atoms in total. The smallest absolute Gasteiger partial charge is 0.259 e. The first-order chi connectivity index (χ1) is 11.0. The molecule has 1 amide bonds. The summed E-state index contributed by atoms with van der Waals surface area (Å²) in [5.41, 5.74) is 6.02. The monoisotopic (exact) mass is 329 g/mol. The number of fused-ring (bicyclic) bond motifs is 1. The summed E-state index contributed by atoms with van der Waals surface area (Å²) in [4.78, 5) is 30.0. The molecular formula is C16H12ClN3O3. The number of nitrogens with two attached hydrogens (primary N) is 1. The molecule has 2 aromatic carbocycles. The van der Waals surface area contributed by atoms with Crippen LogP contribution in [0.1, 0.15) is 0 Å². The van der Waals surface area contributed by atoms with Crippen molar-refractivity contribution in [3.05, 3.63) is 57.8 Å². The van der Waals surface area contributed by atoms with Crippen molar-refractivity contribution < 1.29 is 9.53 Å². The summed E-state index contributed by atoms with van der Waals surface area (Å²) in [6.07, 6.45) is 0. The highest BCUT2D eigenvalue weighted by molar-refractivity contribution is 6.32. The standard InChI is InChI=1S/C16H12ClN3O3/c17-11-7-9(5-6-13(11)23-8-14(18)21)15-19-12-4-2-1-3-10(12)16(22)20-15/h1-7H,8H2,(H2,18,21)(H,19,20,22). The number of primary amides is 1. The number of aromatic nitrogens is 2. The summed E-state index contributed by atoms with van der Waals surface area (Å²) in [5, 5.41) is 0.809.